The van der Waals surface area contributed by atoms with Crippen LogP contribution in [0.3, 0.4) is 0 Å². The highest BCUT2D eigenvalue weighted by Crippen LogP contribution is 2.07. The van der Waals surface area contributed by atoms with Crippen molar-refractivity contribution in [1.29, 1.82) is 0 Å². The van der Waals surface area contributed by atoms with Crippen LogP contribution < -0.4 is 16.4 Å². The molecule has 0 aromatic carbocycles. The molecule has 0 aliphatic rings. The van der Waals surface area contributed by atoms with E-state index >= 15 is 0 Å². The number of rotatable bonds is 14. The number of hydrogen-bond acceptors (Lipinski definition) is 5. The molecule has 0 aromatic rings. The Kier molecular flexibility index (Phi) is 13.0. The van der Waals surface area contributed by atoms with Crippen LogP contribution in [0.4, 0.5) is 0 Å². The van der Waals surface area contributed by atoms with Gasteiger partial charge in [-0.1, -0.05) is 19.4 Å². The summed E-state index contributed by atoms with van der Waals surface area (Å²) in [6.07, 6.45) is 10.5. The summed E-state index contributed by atoms with van der Waals surface area (Å²) in [7, 11) is 1.80. The Morgan fingerprint density at radius 1 is 1.19 bits per heavy atom. The van der Waals surface area contributed by atoms with Crippen molar-refractivity contribution in [3.63, 3.8) is 0 Å². The molecule has 0 aliphatic heterocycles. The van der Waals surface area contributed by atoms with Crippen LogP contribution in [0.2, 0.25) is 0 Å². The Hall–Kier alpha value is -1.20. The van der Waals surface area contributed by atoms with E-state index in [4.69, 9.17) is 5.73 Å². The van der Waals surface area contributed by atoms with Gasteiger partial charge in [0.25, 0.3) is 0 Å². The minimum Gasteiger partial charge on any atom is -0.389 e. The Balaban J connectivity index is 4.01. The van der Waals surface area contributed by atoms with E-state index in [0.29, 0.717) is 0 Å². The summed E-state index contributed by atoms with van der Waals surface area (Å²) >= 11 is 0. The number of carbonyl (C=O) groups is 2. The van der Waals surface area contributed by atoms with Crippen LogP contribution in [-0.4, -0.2) is 38.2 Å². The summed E-state index contributed by atoms with van der Waals surface area (Å²) in [5, 5.41) is 6.43. The van der Waals surface area contributed by atoms with E-state index in [1.54, 1.807) is 7.05 Å². The molecule has 2 atom stereocenters. The second kappa shape index (κ2) is 13.8. The number of hydrogen-bond donors (Lipinski definition) is 3. The molecule has 0 saturated carbocycles. The largest absolute Gasteiger partial charge is 0.389 e. The topological polar surface area (TPSA) is 84.2 Å². The lowest BCUT2D eigenvalue weighted by molar-refractivity contribution is -0.110. The lowest BCUT2D eigenvalue weighted by Crippen LogP contribution is -2.27. The summed E-state index contributed by atoms with van der Waals surface area (Å²) in [4.78, 5) is 21.2. The number of carbonyl (C=O) groups excluding carboxylic acids is 2. The van der Waals surface area contributed by atoms with Crippen molar-refractivity contribution in [3.8, 4) is 0 Å². The molecule has 0 bridgehead atoms. The summed E-state index contributed by atoms with van der Waals surface area (Å²) in [6.45, 7) is 3.03. The van der Waals surface area contributed by atoms with Gasteiger partial charge >= 0.3 is 0 Å². The molecule has 0 rings (SSSR count). The van der Waals surface area contributed by atoms with Crippen molar-refractivity contribution in [3.05, 3.63) is 11.8 Å². The van der Waals surface area contributed by atoms with Gasteiger partial charge in [0.2, 0.25) is 0 Å². The smallest absolute Gasteiger partial charge is 0.136 e. The van der Waals surface area contributed by atoms with Crippen LogP contribution in [0.1, 0.15) is 51.9 Å². The first-order valence-corrected chi connectivity index (χ1v) is 7.94. The lowest BCUT2D eigenvalue weighted by Gasteiger charge is -2.14. The maximum Gasteiger partial charge on any atom is 0.136 e. The van der Waals surface area contributed by atoms with Gasteiger partial charge in [-0.3, -0.25) is 0 Å². The van der Waals surface area contributed by atoms with Crippen molar-refractivity contribution in [2.24, 2.45) is 5.73 Å². The number of unbranched alkanes of at least 4 members (excludes halogenated alkanes) is 2. The van der Waals surface area contributed by atoms with Gasteiger partial charge in [-0.25, -0.2) is 0 Å². The highest BCUT2D eigenvalue weighted by molar-refractivity contribution is 5.57. The quantitative estimate of drug-likeness (QED) is 0.334. The third kappa shape index (κ3) is 11.2. The Morgan fingerprint density at radius 3 is 2.52 bits per heavy atom. The van der Waals surface area contributed by atoms with Crippen LogP contribution >= 0.6 is 0 Å². The number of aldehydes is 2. The molecule has 0 saturated heterocycles. The lowest BCUT2D eigenvalue weighted by atomic mass is 10.1. The van der Waals surface area contributed by atoms with Crippen LogP contribution in [0.25, 0.3) is 0 Å². The van der Waals surface area contributed by atoms with Crippen molar-refractivity contribution in [1.82, 2.24) is 10.6 Å². The molecule has 0 radical (unpaired) electrons. The summed E-state index contributed by atoms with van der Waals surface area (Å²) in [5.74, 6) is 0. The number of likely N-dealkylation sites (N-methyl/N-ethyl adjacent to an activating group) is 1. The zero-order valence-electron chi connectivity index (χ0n) is 13.4. The Bertz CT molecular complexity index is 306. The van der Waals surface area contributed by atoms with E-state index in [2.05, 4.69) is 23.6 Å². The maximum absolute atomic E-state index is 10.8. The first-order chi connectivity index (χ1) is 10.2. The van der Waals surface area contributed by atoms with Gasteiger partial charge in [0.15, 0.2) is 0 Å². The molecule has 0 fully saturated rings. The molecule has 0 aromatic heterocycles. The normalized spacial score (nSPS) is 14.5. The fraction of sp³-hybridized carbons (Fsp3) is 0.750. The van der Waals surface area contributed by atoms with Gasteiger partial charge in [-0.2, -0.15) is 0 Å². The van der Waals surface area contributed by atoms with Gasteiger partial charge in [0, 0.05) is 12.2 Å². The van der Waals surface area contributed by atoms with Gasteiger partial charge in [-0.15, -0.1) is 0 Å². The van der Waals surface area contributed by atoms with Crippen LogP contribution in [0, 0.1) is 0 Å². The Labute approximate surface area is 128 Å². The van der Waals surface area contributed by atoms with E-state index in [1.807, 2.05) is 0 Å². The molecule has 2 unspecified atom stereocenters. The molecule has 0 spiro atoms. The van der Waals surface area contributed by atoms with Gasteiger partial charge < -0.3 is 26.0 Å². The molecular formula is C16H31N3O2. The Morgan fingerprint density at radius 2 is 1.95 bits per heavy atom. The molecule has 0 aliphatic carbocycles. The molecular weight excluding hydrogens is 266 g/mol. The first kappa shape index (κ1) is 19.8. The third-order valence-electron chi connectivity index (χ3n) is 3.43. The standard InChI is InChI=1S/C16H31N3O2/c1-3-4-8-15(9-10-16(13-21)18-2)19-11-6-5-7-14(17)12-20/h8,12-14,16,18-19H,3-7,9-11,17H2,1-2H3/b15-8-. The fourth-order valence-corrected chi connectivity index (χ4v) is 1.99. The molecule has 5 nitrogen and oxygen atoms in total. The molecule has 122 valence electrons. The van der Waals surface area contributed by atoms with Crippen molar-refractivity contribution in [2.75, 3.05) is 13.6 Å². The van der Waals surface area contributed by atoms with E-state index in [0.717, 1.165) is 64.1 Å². The number of nitrogens with one attached hydrogen (secondary N) is 2. The number of allylic oxidation sites excluding steroid dienone is 2. The highest BCUT2D eigenvalue weighted by atomic mass is 16.1. The summed E-state index contributed by atoms with van der Waals surface area (Å²) in [5.41, 5.74) is 6.76. The SMILES string of the molecule is CCC/C=C(/CCC(C=O)NC)NCCCCC(N)C=O. The van der Waals surface area contributed by atoms with E-state index in [-0.39, 0.29) is 12.1 Å². The van der Waals surface area contributed by atoms with Crippen LogP contribution in [0.15, 0.2) is 11.8 Å². The second-order valence-electron chi connectivity index (χ2n) is 5.31. The second-order valence-corrected chi connectivity index (χ2v) is 5.31. The summed E-state index contributed by atoms with van der Waals surface area (Å²) in [6, 6.07) is -0.411. The van der Waals surface area contributed by atoms with Crippen molar-refractivity contribution < 1.29 is 9.59 Å². The van der Waals surface area contributed by atoms with Gasteiger partial charge in [-0.05, 0) is 45.6 Å². The molecule has 21 heavy (non-hydrogen) atoms. The van der Waals surface area contributed by atoms with E-state index in [9.17, 15) is 9.59 Å². The fourth-order valence-electron chi connectivity index (χ4n) is 1.99. The first-order valence-electron chi connectivity index (χ1n) is 7.94. The van der Waals surface area contributed by atoms with Crippen molar-refractivity contribution in [2.45, 2.75) is 64.0 Å². The minimum absolute atomic E-state index is 0.0811. The van der Waals surface area contributed by atoms with E-state index < -0.39 is 0 Å². The monoisotopic (exact) mass is 297 g/mol. The minimum atomic E-state index is -0.330. The van der Waals surface area contributed by atoms with Crippen molar-refractivity contribution >= 4 is 12.6 Å². The highest BCUT2D eigenvalue weighted by Gasteiger charge is 2.06. The summed E-state index contributed by atoms with van der Waals surface area (Å²) < 4.78 is 0. The predicted molar refractivity (Wildman–Crippen MR) is 87.0 cm³/mol. The molecule has 0 amide bonds. The van der Waals surface area contributed by atoms with Gasteiger partial charge in [0.1, 0.15) is 12.6 Å². The maximum atomic E-state index is 10.8. The number of nitrogens with two attached hydrogens (primary N) is 1. The van der Waals surface area contributed by atoms with Crippen LogP contribution in [-0.2, 0) is 9.59 Å². The molecule has 0 heterocycles. The van der Waals surface area contributed by atoms with E-state index in [1.165, 1.54) is 5.70 Å². The molecule has 5 heteroatoms. The average Bonchev–Trinajstić information content (AvgIpc) is 2.51. The zero-order chi connectivity index (χ0) is 15.9. The zero-order valence-corrected chi connectivity index (χ0v) is 13.4. The molecule has 4 N–H and O–H groups in total. The van der Waals surface area contributed by atoms with Gasteiger partial charge in [0.05, 0.1) is 12.1 Å². The average molecular weight is 297 g/mol. The predicted octanol–water partition coefficient (Wildman–Crippen LogP) is 1.52. The van der Waals surface area contributed by atoms with Crippen LogP contribution in [0.5, 0.6) is 0 Å². The third-order valence-corrected chi connectivity index (χ3v) is 3.43.